The molecule has 3 saturated heterocycles. The van der Waals surface area contributed by atoms with E-state index in [0.29, 0.717) is 19.8 Å². The predicted octanol–water partition coefficient (Wildman–Crippen LogP) is 2.03. The third kappa shape index (κ3) is 4.17. The average Bonchev–Trinajstić information content (AvgIpc) is 3.14. The van der Waals surface area contributed by atoms with Crippen molar-refractivity contribution in [3.63, 3.8) is 0 Å². The van der Waals surface area contributed by atoms with Crippen molar-refractivity contribution in [2.45, 2.75) is 65.2 Å². The van der Waals surface area contributed by atoms with Crippen LogP contribution in [0.1, 0.15) is 52.9 Å². The Kier molecular flexibility index (Phi) is 5.68. The average molecular weight is 352 g/mol. The first-order chi connectivity index (χ1) is 11.9. The molecule has 3 rings (SSSR count). The Morgan fingerprint density at radius 2 is 1.68 bits per heavy atom. The SMILES string of the molecule is CC(C)(C)C(=O)N1CCCC(C(=O)N2CCCCC2C2OCCO2)C1. The van der Waals surface area contributed by atoms with Crippen LogP contribution in [0.3, 0.4) is 0 Å². The zero-order chi connectivity index (χ0) is 18.0. The maximum absolute atomic E-state index is 13.2. The summed E-state index contributed by atoms with van der Waals surface area (Å²) in [6.07, 6.45) is 4.56. The van der Waals surface area contributed by atoms with Gasteiger partial charge in [-0.15, -0.1) is 0 Å². The van der Waals surface area contributed by atoms with Gasteiger partial charge in [0.1, 0.15) is 0 Å². The molecular formula is C19H32N2O4. The molecule has 142 valence electrons. The molecule has 0 N–H and O–H groups in total. The number of piperidine rings is 2. The van der Waals surface area contributed by atoms with Crippen LogP contribution in [-0.2, 0) is 19.1 Å². The first kappa shape index (κ1) is 18.6. The second-order valence-electron chi connectivity index (χ2n) is 8.55. The van der Waals surface area contributed by atoms with Gasteiger partial charge in [0.05, 0.1) is 25.2 Å². The van der Waals surface area contributed by atoms with E-state index in [9.17, 15) is 9.59 Å². The van der Waals surface area contributed by atoms with Gasteiger partial charge in [-0.2, -0.15) is 0 Å². The number of rotatable bonds is 2. The van der Waals surface area contributed by atoms with Crippen LogP contribution < -0.4 is 0 Å². The van der Waals surface area contributed by atoms with E-state index in [1.807, 2.05) is 30.6 Å². The van der Waals surface area contributed by atoms with Gasteiger partial charge in [0.2, 0.25) is 11.8 Å². The number of nitrogens with zero attached hydrogens (tertiary/aromatic N) is 2. The summed E-state index contributed by atoms with van der Waals surface area (Å²) in [4.78, 5) is 29.7. The summed E-state index contributed by atoms with van der Waals surface area (Å²) in [6, 6.07) is 0.0254. The quantitative estimate of drug-likeness (QED) is 0.763. The molecule has 0 saturated carbocycles. The van der Waals surface area contributed by atoms with Gasteiger partial charge in [0.25, 0.3) is 0 Å². The molecule has 6 heteroatoms. The Morgan fingerprint density at radius 3 is 2.36 bits per heavy atom. The number of hydrogen-bond donors (Lipinski definition) is 0. The smallest absolute Gasteiger partial charge is 0.227 e. The van der Waals surface area contributed by atoms with Gasteiger partial charge in [-0.25, -0.2) is 0 Å². The van der Waals surface area contributed by atoms with Gasteiger partial charge in [0.15, 0.2) is 6.29 Å². The van der Waals surface area contributed by atoms with Crippen molar-refractivity contribution in [1.29, 1.82) is 0 Å². The van der Waals surface area contributed by atoms with Crippen LogP contribution >= 0.6 is 0 Å². The monoisotopic (exact) mass is 352 g/mol. The molecule has 3 aliphatic heterocycles. The van der Waals surface area contributed by atoms with Gasteiger partial charge in [-0.3, -0.25) is 9.59 Å². The molecule has 0 aromatic heterocycles. The lowest BCUT2D eigenvalue weighted by atomic mass is 9.89. The molecule has 3 fully saturated rings. The van der Waals surface area contributed by atoms with Crippen LogP contribution in [0.15, 0.2) is 0 Å². The number of amides is 2. The zero-order valence-electron chi connectivity index (χ0n) is 15.8. The summed E-state index contributed by atoms with van der Waals surface area (Å²) >= 11 is 0. The third-order valence-electron chi connectivity index (χ3n) is 5.49. The van der Waals surface area contributed by atoms with Crippen molar-refractivity contribution in [2.75, 3.05) is 32.8 Å². The van der Waals surface area contributed by atoms with Crippen LogP contribution in [-0.4, -0.2) is 66.8 Å². The highest BCUT2D eigenvalue weighted by molar-refractivity contribution is 5.84. The standard InChI is InChI=1S/C19H32N2O4/c1-19(2,3)18(23)20-9-6-7-14(13-20)16(22)21-10-5-4-8-15(21)17-24-11-12-25-17/h14-15,17H,4-13H2,1-3H3. The highest BCUT2D eigenvalue weighted by atomic mass is 16.7. The molecule has 2 amide bonds. The Hall–Kier alpha value is -1.14. The maximum Gasteiger partial charge on any atom is 0.227 e. The van der Waals surface area contributed by atoms with E-state index in [1.165, 1.54) is 0 Å². The van der Waals surface area contributed by atoms with E-state index < -0.39 is 5.41 Å². The molecule has 6 nitrogen and oxygen atoms in total. The molecule has 0 aromatic carbocycles. The summed E-state index contributed by atoms with van der Waals surface area (Å²) in [5.41, 5.74) is -0.399. The highest BCUT2D eigenvalue weighted by Crippen LogP contribution is 2.29. The van der Waals surface area contributed by atoms with Crippen molar-refractivity contribution in [1.82, 2.24) is 9.80 Å². The molecular weight excluding hydrogens is 320 g/mol. The van der Waals surface area contributed by atoms with E-state index in [0.717, 1.165) is 45.2 Å². The Bertz CT molecular complexity index is 496. The van der Waals surface area contributed by atoms with E-state index in [4.69, 9.17) is 9.47 Å². The molecule has 0 aromatic rings. The molecule has 0 spiro atoms. The first-order valence-corrected chi connectivity index (χ1v) is 9.71. The predicted molar refractivity (Wildman–Crippen MR) is 93.8 cm³/mol. The van der Waals surface area contributed by atoms with Gasteiger partial charge >= 0.3 is 0 Å². The second-order valence-corrected chi connectivity index (χ2v) is 8.55. The molecule has 2 atom stereocenters. The van der Waals surface area contributed by atoms with Crippen LogP contribution in [0, 0.1) is 11.3 Å². The van der Waals surface area contributed by atoms with E-state index >= 15 is 0 Å². The van der Waals surface area contributed by atoms with E-state index in [1.54, 1.807) is 0 Å². The highest BCUT2D eigenvalue weighted by Gasteiger charge is 2.40. The fraction of sp³-hybridized carbons (Fsp3) is 0.895. The van der Waals surface area contributed by atoms with Gasteiger partial charge < -0.3 is 19.3 Å². The Morgan fingerprint density at radius 1 is 0.960 bits per heavy atom. The summed E-state index contributed by atoms with van der Waals surface area (Å²) in [5, 5.41) is 0. The Balaban J connectivity index is 1.67. The maximum atomic E-state index is 13.2. The van der Waals surface area contributed by atoms with Crippen molar-refractivity contribution in [2.24, 2.45) is 11.3 Å². The summed E-state index contributed by atoms with van der Waals surface area (Å²) in [7, 11) is 0. The fourth-order valence-corrected chi connectivity index (χ4v) is 4.18. The van der Waals surface area contributed by atoms with Crippen LogP contribution in [0.2, 0.25) is 0 Å². The molecule has 0 aliphatic carbocycles. The Labute approximate surface area is 150 Å². The lowest BCUT2D eigenvalue weighted by molar-refractivity contribution is -0.157. The minimum Gasteiger partial charge on any atom is -0.348 e. The molecule has 2 unspecified atom stereocenters. The van der Waals surface area contributed by atoms with Gasteiger partial charge in [-0.1, -0.05) is 20.8 Å². The normalized spacial score (nSPS) is 29.1. The van der Waals surface area contributed by atoms with E-state index in [-0.39, 0.29) is 30.1 Å². The topological polar surface area (TPSA) is 59.1 Å². The summed E-state index contributed by atoms with van der Waals surface area (Å²) in [5.74, 6) is 0.222. The number of carbonyl (C=O) groups is 2. The lowest BCUT2D eigenvalue weighted by Crippen LogP contribution is -2.55. The number of hydrogen-bond acceptors (Lipinski definition) is 4. The fourth-order valence-electron chi connectivity index (χ4n) is 4.18. The molecule has 3 aliphatic rings. The van der Waals surface area contributed by atoms with Crippen LogP contribution in [0.4, 0.5) is 0 Å². The second kappa shape index (κ2) is 7.62. The minimum absolute atomic E-state index is 0.0254. The van der Waals surface area contributed by atoms with Crippen LogP contribution in [0.5, 0.6) is 0 Å². The number of carbonyl (C=O) groups excluding carboxylic acids is 2. The first-order valence-electron chi connectivity index (χ1n) is 9.71. The zero-order valence-corrected chi connectivity index (χ0v) is 15.8. The summed E-state index contributed by atoms with van der Waals surface area (Å²) in [6.45, 7) is 9.13. The molecule has 25 heavy (non-hydrogen) atoms. The van der Waals surface area contributed by atoms with Crippen molar-refractivity contribution >= 4 is 11.8 Å². The van der Waals surface area contributed by atoms with Gasteiger partial charge in [-0.05, 0) is 32.1 Å². The third-order valence-corrected chi connectivity index (χ3v) is 5.49. The molecule has 0 radical (unpaired) electrons. The minimum atomic E-state index is -0.399. The van der Waals surface area contributed by atoms with E-state index in [2.05, 4.69) is 0 Å². The van der Waals surface area contributed by atoms with Crippen molar-refractivity contribution < 1.29 is 19.1 Å². The van der Waals surface area contributed by atoms with Crippen molar-refractivity contribution in [3.8, 4) is 0 Å². The lowest BCUT2D eigenvalue weighted by Gasteiger charge is -2.42. The number of ether oxygens (including phenoxy) is 2. The van der Waals surface area contributed by atoms with Crippen LogP contribution in [0.25, 0.3) is 0 Å². The molecule has 3 heterocycles. The molecule has 0 bridgehead atoms. The largest absolute Gasteiger partial charge is 0.348 e. The van der Waals surface area contributed by atoms with Gasteiger partial charge in [0, 0.05) is 25.0 Å². The summed E-state index contributed by atoms with van der Waals surface area (Å²) < 4.78 is 11.4. The number of likely N-dealkylation sites (tertiary alicyclic amines) is 2. The van der Waals surface area contributed by atoms with Crippen molar-refractivity contribution in [3.05, 3.63) is 0 Å².